The second-order valence-electron chi connectivity index (χ2n) is 4.98. The van der Waals surface area contributed by atoms with E-state index in [0.29, 0.717) is 17.9 Å². The van der Waals surface area contributed by atoms with Gasteiger partial charge in [0.25, 0.3) is 5.91 Å². The first-order valence-electron chi connectivity index (χ1n) is 6.93. The van der Waals surface area contributed by atoms with E-state index in [1.807, 2.05) is 19.9 Å². The minimum absolute atomic E-state index is 0.0857. The van der Waals surface area contributed by atoms with E-state index in [-0.39, 0.29) is 25.1 Å². The second-order valence-corrected chi connectivity index (χ2v) is 4.98. The maximum Gasteiger partial charge on any atom is 0.323 e. The van der Waals surface area contributed by atoms with Gasteiger partial charge in [-0.05, 0) is 25.5 Å². The molecule has 1 aliphatic heterocycles. The number of fused-ring (bicyclic) bond motifs is 1. The molecule has 0 aliphatic carbocycles. The van der Waals surface area contributed by atoms with Crippen LogP contribution in [-0.4, -0.2) is 47.2 Å². The number of carbonyl (C=O) groups excluding carboxylic acids is 1. The van der Waals surface area contributed by atoms with Crippen LogP contribution in [0.1, 0.15) is 20.3 Å². The van der Waals surface area contributed by atoms with E-state index in [2.05, 4.69) is 0 Å². The molecule has 0 spiro atoms. The zero-order valence-electron chi connectivity index (χ0n) is 12.1. The van der Waals surface area contributed by atoms with E-state index in [9.17, 15) is 9.59 Å². The predicted octanol–water partition coefficient (Wildman–Crippen LogP) is 1.54. The smallest absolute Gasteiger partial charge is 0.323 e. The number of carbonyl (C=O) groups is 2. The summed E-state index contributed by atoms with van der Waals surface area (Å²) >= 11 is 0. The summed E-state index contributed by atoms with van der Waals surface area (Å²) < 4.78 is 11.1. The van der Waals surface area contributed by atoms with Crippen molar-refractivity contribution in [1.29, 1.82) is 0 Å². The zero-order chi connectivity index (χ0) is 15.4. The maximum absolute atomic E-state index is 12.5. The van der Waals surface area contributed by atoms with Gasteiger partial charge in [0.15, 0.2) is 11.5 Å². The van der Waals surface area contributed by atoms with Crippen LogP contribution < -0.4 is 9.47 Å². The molecule has 1 aliphatic rings. The summed E-state index contributed by atoms with van der Waals surface area (Å²) in [5, 5.41) is 8.97. The third kappa shape index (κ3) is 3.45. The van der Waals surface area contributed by atoms with Crippen LogP contribution in [0.25, 0.3) is 0 Å². The number of ether oxygens (including phenoxy) is 2. The van der Waals surface area contributed by atoms with Gasteiger partial charge in [0.05, 0.1) is 0 Å². The number of nitrogens with zero attached hydrogens (tertiary/aromatic N) is 1. The van der Waals surface area contributed by atoms with Crippen molar-refractivity contribution in [2.24, 2.45) is 0 Å². The molecule has 1 amide bonds. The molecule has 6 heteroatoms. The van der Waals surface area contributed by atoms with Crippen molar-refractivity contribution in [1.82, 2.24) is 4.90 Å². The van der Waals surface area contributed by atoms with Gasteiger partial charge in [0.1, 0.15) is 13.2 Å². The highest BCUT2D eigenvalue weighted by Crippen LogP contribution is 2.31. The van der Waals surface area contributed by atoms with Crippen LogP contribution >= 0.6 is 0 Å². The molecule has 114 valence electrons. The Kier molecular flexibility index (Phi) is 4.67. The molecule has 0 aromatic heterocycles. The third-order valence-electron chi connectivity index (χ3n) is 3.50. The Hall–Kier alpha value is -2.24. The maximum atomic E-state index is 12.5. The number of hydrogen-bond donors (Lipinski definition) is 1. The lowest BCUT2D eigenvalue weighted by molar-refractivity contribution is -0.151. The van der Waals surface area contributed by atoms with Crippen molar-refractivity contribution in [3.05, 3.63) is 24.3 Å². The van der Waals surface area contributed by atoms with Crippen molar-refractivity contribution in [2.45, 2.75) is 32.4 Å². The van der Waals surface area contributed by atoms with Crippen molar-refractivity contribution in [2.75, 3.05) is 13.2 Å². The molecule has 1 aromatic carbocycles. The highest BCUT2D eigenvalue weighted by atomic mass is 16.6. The summed E-state index contributed by atoms with van der Waals surface area (Å²) in [4.78, 5) is 24.8. The molecule has 6 nitrogen and oxygen atoms in total. The van der Waals surface area contributed by atoms with Gasteiger partial charge in [0.2, 0.25) is 6.10 Å². The molecule has 0 radical (unpaired) electrons. The second kappa shape index (κ2) is 6.47. The number of para-hydroxylation sites is 2. The van der Waals surface area contributed by atoms with Gasteiger partial charge >= 0.3 is 5.97 Å². The summed E-state index contributed by atoms with van der Waals surface area (Å²) in [6.07, 6.45) is -0.142. The summed E-state index contributed by atoms with van der Waals surface area (Å²) in [7, 11) is 0. The SMILES string of the molecule is CCC(C)N(CC(=O)O)C(=O)C1COc2ccccc2O1. The van der Waals surface area contributed by atoms with Crippen LogP contribution in [0.15, 0.2) is 24.3 Å². The Balaban J connectivity index is 2.13. The molecule has 1 aromatic rings. The molecule has 0 fully saturated rings. The molecule has 0 bridgehead atoms. The molecule has 2 unspecified atom stereocenters. The number of amides is 1. The van der Waals surface area contributed by atoms with E-state index in [4.69, 9.17) is 14.6 Å². The highest BCUT2D eigenvalue weighted by molar-refractivity contribution is 5.85. The fraction of sp³-hybridized carbons (Fsp3) is 0.467. The molecule has 1 N–H and O–H groups in total. The topological polar surface area (TPSA) is 76.1 Å². The fourth-order valence-corrected chi connectivity index (χ4v) is 2.14. The number of carboxylic acids is 1. The summed E-state index contributed by atoms with van der Waals surface area (Å²) in [6, 6.07) is 6.92. The quantitative estimate of drug-likeness (QED) is 0.891. The lowest BCUT2D eigenvalue weighted by Crippen LogP contribution is -2.51. The van der Waals surface area contributed by atoms with E-state index in [1.54, 1.807) is 18.2 Å². The number of benzene rings is 1. The predicted molar refractivity (Wildman–Crippen MR) is 75.5 cm³/mol. The first-order valence-corrected chi connectivity index (χ1v) is 6.93. The van der Waals surface area contributed by atoms with Crippen molar-refractivity contribution < 1.29 is 24.2 Å². The van der Waals surface area contributed by atoms with Crippen molar-refractivity contribution in [3.8, 4) is 11.5 Å². The Bertz CT molecular complexity index is 531. The number of rotatable bonds is 5. The Morgan fingerprint density at radius 3 is 2.67 bits per heavy atom. The summed E-state index contributed by atoms with van der Waals surface area (Å²) in [5.74, 6) is -0.307. The number of carboxylic acid groups (broad SMARTS) is 1. The molecule has 2 atom stereocenters. The molecule has 1 heterocycles. The van der Waals surface area contributed by atoms with Crippen LogP contribution in [0, 0.1) is 0 Å². The van der Waals surface area contributed by atoms with Crippen LogP contribution in [0.4, 0.5) is 0 Å². The monoisotopic (exact) mass is 293 g/mol. The van der Waals surface area contributed by atoms with Gasteiger partial charge in [-0.15, -0.1) is 0 Å². The highest BCUT2D eigenvalue weighted by Gasteiger charge is 2.33. The standard InChI is InChI=1S/C15H19NO5/c1-3-10(2)16(8-14(17)18)15(19)13-9-20-11-6-4-5-7-12(11)21-13/h4-7,10,13H,3,8-9H2,1-2H3,(H,17,18). The number of aliphatic carboxylic acids is 1. The molecule has 0 saturated carbocycles. The number of hydrogen-bond acceptors (Lipinski definition) is 4. The van der Waals surface area contributed by atoms with Gasteiger partial charge in [-0.2, -0.15) is 0 Å². The fourth-order valence-electron chi connectivity index (χ4n) is 2.14. The van der Waals surface area contributed by atoms with E-state index in [1.165, 1.54) is 4.90 Å². The van der Waals surface area contributed by atoms with E-state index >= 15 is 0 Å². The molecule has 21 heavy (non-hydrogen) atoms. The van der Waals surface area contributed by atoms with Crippen molar-refractivity contribution in [3.63, 3.8) is 0 Å². The van der Waals surface area contributed by atoms with E-state index in [0.717, 1.165) is 0 Å². The van der Waals surface area contributed by atoms with Gasteiger partial charge in [-0.1, -0.05) is 19.1 Å². The normalized spacial score (nSPS) is 17.9. The Morgan fingerprint density at radius 1 is 1.38 bits per heavy atom. The van der Waals surface area contributed by atoms with Gasteiger partial charge < -0.3 is 19.5 Å². The molecular formula is C15H19NO5. The van der Waals surface area contributed by atoms with Gasteiger partial charge in [0, 0.05) is 6.04 Å². The first-order chi connectivity index (χ1) is 10.0. The largest absolute Gasteiger partial charge is 0.485 e. The molecule has 0 saturated heterocycles. The lowest BCUT2D eigenvalue weighted by atomic mass is 10.1. The minimum atomic E-state index is -1.04. The summed E-state index contributed by atoms with van der Waals surface area (Å²) in [5.41, 5.74) is 0. The third-order valence-corrected chi connectivity index (χ3v) is 3.50. The van der Waals surface area contributed by atoms with Crippen molar-refractivity contribution >= 4 is 11.9 Å². The lowest BCUT2D eigenvalue weighted by Gasteiger charge is -2.33. The van der Waals surface area contributed by atoms with Crippen LogP contribution in [0.3, 0.4) is 0 Å². The first kappa shape index (κ1) is 15.2. The van der Waals surface area contributed by atoms with Gasteiger partial charge in [-0.3, -0.25) is 9.59 Å². The molecular weight excluding hydrogens is 274 g/mol. The van der Waals surface area contributed by atoms with Gasteiger partial charge in [-0.25, -0.2) is 0 Å². The summed E-state index contributed by atoms with van der Waals surface area (Å²) in [6.45, 7) is 3.47. The minimum Gasteiger partial charge on any atom is -0.485 e. The average Bonchev–Trinajstić information content (AvgIpc) is 2.50. The van der Waals surface area contributed by atoms with Crippen LogP contribution in [0.5, 0.6) is 11.5 Å². The Morgan fingerprint density at radius 2 is 2.05 bits per heavy atom. The Labute approximate surface area is 123 Å². The average molecular weight is 293 g/mol. The van der Waals surface area contributed by atoms with Crippen LogP contribution in [-0.2, 0) is 9.59 Å². The van der Waals surface area contributed by atoms with Crippen LogP contribution in [0.2, 0.25) is 0 Å². The zero-order valence-corrected chi connectivity index (χ0v) is 12.1. The van der Waals surface area contributed by atoms with E-state index < -0.39 is 12.1 Å². The molecule has 2 rings (SSSR count).